The zero-order valence-corrected chi connectivity index (χ0v) is 12.7. The van der Waals surface area contributed by atoms with Crippen molar-refractivity contribution < 1.29 is 18.3 Å². The summed E-state index contributed by atoms with van der Waals surface area (Å²) in [5.74, 6) is -0.0652. The summed E-state index contributed by atoms with van der Waals surface area (Å²) in [6, 6.07) is 7.88. The fourth-order valence-corrected chi connectivity index (χ4v) is 2.16. The molecule has 0 aliphatic rings. The number of ether oxygens (including phenoxy) is 1. The molecule has 1 N–H and O–H groups in total. The van der Waals surface area contributed by atoms with Crippen LogP contribution in [0.15, 0.2) is 41.0 Å². The number of nitrogens with one attached hydrogen (secondary N) is 1. The molecule has 0 saturated carbocycles. The van der Waals surface area contributed by atoms with Gasteiger partial charge in [0, 0.05) is 24.3 Å². The molecule has 2 rings (SSSR count). The summed E-state index contributed by atoms with van der Waals surface area (Å²) in [6.07, 6.45) is 1.68. The molecule has 7 heteroatoms. The van der Waals surface area contributed by atoms with Crippen LogP contribution in [-0.2, 0) is 6.54 Å². The smallest absolute Gasteiger partial charge is 0.387 e. The van der Waals surface area contributed by atoms with Crippen molar-refractivity contribution in [1.29, 1.82) is 0 Å². The first kappa shape index (κ1) is 15.5. The Morgan fingerprint density at radius 1 is 1.38 bits per heavy atom. The predicted molar refractivity (Wildman–Crippen MR) is 77.4 cm³/mol. The fourth-order valence-electron chi connectivity index (χ4n) is 1.82. The zero-order chi connectivity index (χ0) is 15.4. The van der Waals surface area contributed by atoms with Crippen LogP contribution in [0, 0.1) is 0 Å². The van der Waals surface area contributed by atoms with Crippen molar-refractivity contribution >= 4 is 21.8 Å². The summed E-state index contributed by atoms with van der Waals surface area (Å²) >= 11 is 3.27. The van der Waals surface area contributed by atoms with Gasteiger partial charge in [-0.25, -0.2) is 0 Å². The summed E-state index contributed by atoms with van der Waals surface area (Å²) in [5, 5.41) is 0. The molecule has 1 amide bonds. The van der Waals surface area contributed by atoms with E-state index in [0.717, 1.165) is 10.0 Å². The highest BCUT2D eigenvalue weighted by molar-refractivity contribution is 9.10. The molecule has 1 heterocycles. The average molecular weight is 359 g/mol. The molecule has 0 aliphatic heterocycles. The van der Waals surface area contributed by atoms with Crippen LogP contribution in [-0.4, -0.2) is 29.5 Å². The van der Waals surface area contributed by atoms with Crippen molar-refractivity contribution in [2.75, 3.05) is 7.05 Å². The van der Waals surface area contributed by atoms with Gasteiger partial charge in [0.2, 0.25) is 0 Å². The van der Waals surface area contributed by atoms with E-state index in [9.17, 15) is 13.6 Å². The predicted octanol–water partition coefficient (Wildman–Crippen LogP) is 3.65. The Labute approximate surface area is 128 Å². The van der Waals surface area contributed by atoms with Crippen molar-refractivity contribution in [2.24, 2.45) is 0 Å². The van der Waals surface area contributed by atoms with Crippen LogP contribution in [0.1, 0.15) is 16.1 Å². The number of hydrogen-bond acceptors (Lipinski definition) is 2. The third kappa shape index (κ3) is 4.29. The van der Waals surface area contributed by atoms with Crippen LogP contribution in [0.2, 0.25) is 0 Å². The SMILES string of the molecule is CN(Cc1ccc(OC(F)F)cc1)C(=O)c1cc(Br)c[nH]1. The van der Waals surface area contributed by atoms with E-state index >= 15 is 0 Å². The van der Waals surface area contributed by atoms with Crippen LogP contribution in [0.25, 0.3) is 0 Å². The summed E-state index contributed by atoms with van der Waals surface area (Å²) < 4.78 is 29.2. The number of carbonyl (C=O) groups is 1. The molecule has 0 saturated heterocycles. The minimum absolute atomic E-state index is 0.0935. The maximum Gasteiger partial charge on any atom is 0.387 e. The number of H-pyrrole nitrogens is 1. The highest BCUT2D eigenvalue weighted by atomic mass is 79.9. The second kappa shape index (κ2) is 6.71. The number of nitrogens with zero attached hydrogens (tertiary/aromatic N) is 1. The van der Waals surface area contributed by atoms with Crippen molar-refractivity contribution in [2.45, 2.75) is 13.2 Å². The number of hydrogen-bond donors (Lipinski definition) is 1. The molecule has 0 spiro atoms. The second-order valence-electron chi connectivity index (χ2n) is 4.42. The lowest BCUT2D eigenvalue weighted by molar-refractivity contribution is -0.0498. The van der Waals surface area contributed by atoms with Crippen LogP contribution in [0.4, 0.5) is 8.78 Å². The molecule has 0 radical (unpaired) electrons. The van der Waals surface area contributed by atoms with Gasteiger partial charge in [-0.1, -0.05) is 12.1 Å². The zero-order valence-electron chi connectivity index (χ0n) is 11.1. The minimum atomic E-state index is -2.84. The molecule has 0 bridgehead atoms. The van der Waals surface area contributed by atoms with Gasteiger partial charge in [0.05, 0.1) is 0 Å². The lowest BCUT2D eigenvalue weighted by Gasteiger charge is -2.16. The number of rotatable bonds is 5. The topological polar surface area (TPSA) is 45.3 Å². The first-order valence-corrected chi connectivity index (χ1v) is 6.88. The van der Waals surface area contributed by atoms with E-state index in [2.05, 4.69) is 25.7 Å². The Kier molecular flexibility index (Phi) is 4.95. The molecule has 0 unspecified atom stereocenters. The van der Waals surface area contributed by atoms with Crippen LogP contribution in [0.3, 0.4) is 0 Å². The lowest BCUT2D eigenvalue weighted by Crippen LogP contribution is -2.26. The normalized spacial score (nSPS) is 10.7. The van der Waals surface area contributed by atoms with Gasteiger partial charge in [-0.3, -0.25) is 4.79 Å². The van der Waals surface area contributed by atoms with E-state index in [1.165, 1.54) is 17.0 Å². The Hall–Kier alpha value is -1.89. The van der Waals surface area contributed by atoms with Gasteiger partial charge < -0.3 is 14.6 Å². The van der Waals surface area contributed by atoms with Crippen molar-refractivity contribution in [3.8, 4) is 5.75 Å². The Morgan fingerprint density at radius 3 is 2.57 bits per heavy atom. The molecule has 0 aliphatic carbocycles. The molecular weight excluding hydrogens is 346 g/mol. The van der Waals surface area contributed by atoms with Crippen molar-refractivity contribution in [3.63, 3.8) is 0 Å². The highest BCUT2D eigenvalue weighted by Gasteiger charge is 2.14. The maximum atomic E-state index is 12.1. The monoisotopic (exact) mass is 358 g/mol. The number of aromatic nitrogens is 1. The van der Waals surface area contributed by atoms with Crippen LogP contribution in [0.5, 0.6) is 5.75 Å². The van der Waals surface area contributed by atoms with Gasteiger partial charge in [-0.15, -0.1) is 0 Å². The summed E-state index contributed by atoms with van der Waals surface area (Å²) in [4.78, 5) is 16.5. The van der Waals surface area contributed by atoms with Crippen LogP contribution >= 0.6 is 15.9 Å². The second-order valence-corrected chi connectivity index (χ2v) is 5.33. The molecule has 2 aromatic rings. The molecule has 112 valence electrons. The fraction of sp³-hybridized carbons (Fsp3) is 0.214. The number of carbonyl (C=O) groups excluding carboxylic acids is 1. The van der Waals surface area contributed by atoms with E-state index < -0.39 is 6.61 Å². The molecule has 1 aromatic carbocycles. The number of alkyl halides is 2. The molecule has 0 fully saturated rings. The molecule has 1 aromatic heterocycles. The van der Waals surface area contributed by atoms with Gasteiger partial charge in [0.15, 0.2) is 0 Å². The molecule has 0 atom stereocenters. The van der Waals surface area contributed by atoms with Gasteiger partial charge in [0.25, 0.3) is 5.91 Å². The largest absolute Gasteiger partial charge is 0.435 e. The molecular formula is C14H13BrF2N2O2. The average Bonchev–Trinajstić information content (AvgIpc) is 2.86. The van der Waals surface area contributed by atoms with E-state index in [0.29, 0.717) is 12.2 Å². The Bertz CT molecular complexity index is 614. The summed E-state index contributed by atoms with van der Waals surface area (Å²) in [5.41, 5.74) is 1.29. The van der Waals surface area contributed by atoms with Gasteiger partial charge >= 0.3 is 6.61 Å². The van der Waals surface area contributed by atoms with E-state index in [1.807, 2.05) is 0 Å². The van der Waals surface area contributed by atoms with Gasteiger partial charge in [0.1, 0.15) is 11.4 Å². The summed E-state index contributed by atoms with van der Waals surface area (Å²) in [7, 11) is 1.67. The number of aromatic amines is 1. The van der Waals surface area contributed by atoms with Crippen molar-refractivity contribution in [1.82, 2.24) is 9.88 Å². The third-order valence-corrected chi connectivity index (χ3v) is 3.25. The van der Waals surface area contributed by atoms with Crippen LogP contribution < -0.4 is 4.74 Å². The van der Waals surface area contributed by atoms with E-state index in [4.69, 9.17) is 0 Å². The Balaban J connectivity index is 1.99. The molecule has 21 heavy (non-hydrogen) atoms. The van der Waals surface area contributed by atoms with Crippen molar-refractivity contribution in [3.05, 3.63) is 52.3 Å². The minimum Gasteiger partial charge on any atom is -0.435 e. The third-order valence-electron chi connectivity index (χ3n) is 2.79. The molecule has 4 nitrogen and oxygen atoms in total. The first-order valence-electron chi connectivity index (χ1n) is 6.09. The quantitative estimate of drug-likeness (QED) is 0.886. The highest BCUT2D eigenvalue weighted by Crippen LogP contribution is 2.17. The number of amides is 1. The van der Waals surface area contributed by atoms with E-state index in [1.54, 1.807) is 31.4 Å². The van der Waals surface area contributed by atoms with Gasteiger partial charge in [-0.2, -0.15) is 8.78 Å². The van der Waals surface area contributed by atoms with E-state index in [-0.39, 0.29) is 11.7 Å². The Morgan fingerprint density at radius 2 is 2.05 bits per heavy atom. The maximum absolute atomic E-state index is 12.1. The first-order chi connectivity index (χ1) is 9.95. The lowest BCUT2D eigenvalue weighted by atomic mass is 10.2. The summed E-state index contributed by atoms with van der Waals surface area (Å²) in [6.45, 7) is -2.48. The number of benzene rings is 1. The van der Waals surface area contributed by atoms with Gasteiger partial charge in [-0.05, 0) is 39.7 Å². The standard InChI is InChI=1S/C14H13BrF2N2O2/c1-19(13(20)12-6-10(15)7-18-12)8-9-2-4-11(5-3-9)21-14(16)17/h2-7,14,18H,8H2,1H3. The number of halogens is 3.